The van der Waals surface area contributed by atoms with Gasteiger partial charge >= 0.3 is 0 Å². The number of hydrogen-bond acceptors (Lipinski definition) is 3. The minimum atomic E-state index is 0.464. The van der Waals surface area contributed by atoms with E-state index in [1.54, 1.807) is 0 Å². The maximum atomic E-state index is 4.28. The molecule has 4 heteroatoms. The third-order valence-electron chi connectivity index (χ3n) is 3.58. The van der Waals surface area contributed by atoms with Gasteiger partial charge in [-0.3, -0.25) is 4.68 Å². The Balaban J connectivity index is 1.70. The van der Waals surface area contributed by atoms with Gasteiger partial charge in [-0.05, 0) is 18.6 Å². The molecular formula is C14H17N3S. The molecule has 1 aliphatic heterocycles. The summed E-state index contributed by atoms with van der Waals surface area (Å²) in [4.78, 5) is 1.41. The van der Waals surface area contributed by atoms with E-state index in [9.17, 15) is 0 Å². The van der Waals surface area contributed by atoms with Crippen molar-refractivity contribution in [1.82, 2.24) is 15.1 Å². The van der Waals surface area contributed by atoms with Crippen LogP contribution in [0, 0.1) is 6.92 Å². The number of nitrogens with zero attached hydrogens (tertiary/aromatic N) is 2. The number of nitrogens with one attached hydrogen (secondary N) is 1. The first-order chi connectivity index (χ1) is 8.75. The van der Waals surface area contributed by atoms with Crippen molar-refractivity contribution in [2.24, 2.45) is 7.05 Å². The van der Waals surface area contributed by atoms with Crippen LogP contribution in [0.2, 0.25) is 0 Å². The standard InChI is InChI=1S/C14H17N3S/c1-10-11(8-16-17(10)2)7-15-13-9-18-14-6-4-3-5-12(13)14/h3-6,8,13,15H,7,9H2,1-2H3. The van der Waals surface area contributed by atoms with Crippen LogP contribution in [0.15, 0.2) is 35.4 Å². The fourth-order valence-electron chi connectivity index (χ4n) is 2.28. The molecule has 0 amide bonds. The Kier molecular flexibility index (Phi) is 3.14. The minimum Gasteiger partial charge on any atom is -0.305 e. The maximum absolute atomic E-state index is 4.28. The molecule has 1 aromatic heterocycles. The Hall–Kier alpha value is -1.26. The SMILES string of the molecule is Cc1c(CNC2CSc3ccccc32)cnn1C. The minimum absolute atomic E-state index is 0.464. The quantitative estimate of drug-likeness (QED) is 0.919. The zero-order valence-corrected chi connectivity index (χ0v) is 11.5. The smallest absolute Gasteiger partial charge is 0.0537 e. The number of fused-ring (bicyclic) bond motifs is 1. The average molecular weight is 259 g/mol. The maximum Gasteiger partial charge on any atom is 0.0537 e. The molecule has 18 heavy (non-hydrogen) atoms. The van der Waals surface area contributed by atoms with Crippen LogP contribution in [0.5, 0.6) is 0 Å². The van der Waals surface area contributed by atoms with Crippen LogP contribution in [-0.4, -0.2) is 15.5 Å². The van der Waals surface area contributed by atoms with E-state index >= 15 is 0 Å². The molecule has 2 aromatic rings. The summed E-state index contributed by atoms with van der Waals surface area (Å²) in [5.41, 5.74) is 3.96. The summed E-state index contributed by atoms with van der Waals surface area (Å²) in [5, 5.41) is 7.91. The van der Waals surface area contributed by atoms with Gasteiger partial charge in [0.2, 0.25) is 0 Å². The van der Waals surface area contributed by atoms with Crippen molar-refractivity contribution in [3.05, 3.63) is 47.3 Å². The van der Waals surface area contributed by atoms with Crippen LogP contribution in [0.4, 0.5) is 0 Å². The molecule has 0 fully saturated rings. The summed E-state index contributed by atoms with van der Waals surface area (Å²) in [6, 6.07) is 9.12. The second kappa shape index (κ2) is 4.78. The Bertz CT molecular complexity index is 562. The summed E-state index contributed by atoms with van der Waals surface area (Å²) >= 11 is 1.94. The van der Waals surface area contributed by atoms with E-state index in [0.717, 1.165) is 12.3 Å². The Morgan fingerprint density at radius 3 is 3.06 bits per heavy atom. The van der Waals surface area contributed by atoms with Crippen molar-refractivity contribution in [3.8, 4) is 0 Å². The molecule has 1 aliphatic rings. The average Bonchev–Trinajstić information content (AvgIpc) is 2.94. The number of hydrogen-bond donors (Lipinski definition) is 1. The lowest BCUT2D eigenvalue weighted by molar-refractivity contribution is 0.581. The monoisotopic (exact) mass is 259 g/mol. The third kappa shape index (κ3) is 2.06. The van der Waals surface area contributed by atoms with E-state index in [-0.39, 0.29) is 0 Å². The van der Waals surface area contributed by atoms with Gasteiger partial charge in [-0.15, -0.1) is 11.8 Å². The van der Waals surface area contributed by atoms with Crippen molar-refractivity contribution in [2.75, 3.05) is 5.75 Å². The molecule has 3 nitrogen and oxygen atoms in total. The number of thioether (sulfide) groups is 1. The molecule has 0 saturated carbocycles. The molecule has 1 atom stereocenters. The Labute approximate surface area is 112 Å². The van der Waals surface area contributed by atoms with Crippen LogP contribution in [-0.2, 0) is 13.6 Å². The molecule has 1 aromatic carbocycles. The first-order valence-electron chi connectivity index (χ1n) is 6.18. The van der Waals surface area contributed by atoms with Gasteiger partial charge in [0, 0.05) is 41.5 Å². The van der Waals surface area contributed by atoms with Crippen molar-refractivity contribution in [2.45, 2.75) is 24.4 Å². The zero-order valence-electron chi connectivity index (χ0n) is 10.7. The van der Waals surface area contributed by atoms with E-state index in [0.29, 0.717) is 6.04 Å². The molecule has 0 radical (unpaired) electrons. The first kappa shape index (κ1) is 11.8. The highest BCUT2D eigenvalue weighted by molar-refractivity contribution is 7.99. The summed E-state index contributed by atoms with van der Waals surface area (Å²) in [6.07, 6.45) is 1.95. The fraction of sp³-hybridized carbons (Fsp3) is 0.357. The lowest BCUT2D eigenvalue weighted by atomic mass is 10.1. The number of rotatable bonds is 3. The second-order valence-electron chi connectivity index (χ2n) is 4.66. The van der Waals surface area contributed by atoms with Crippen LogP contribution in [0.1, 0.15) is 22.9 Å². The van der Waals surface area contributed by atoms with Gasteiger partial charge in [0.25, 0.3) is 0 Å². The van der Waals surface area contributed by atoms with Gasteiger partial charge < -0.3 is 5.32 Å². The summed E-state index contributed by atoms with van der Waals surface area (Å²) in [5.74, 6) is 1.12. The van der Waals surface area contributed by atoms with Crippen molar-refractivity contribution < 1.29 is 0 Å². The fourth-order valence-corrected chi connectivity index (χ4v) is 3.48. The lowest BCUT2D eigenvalue weighted by Crippen LogP contribution is -2.20. The van der Waals surface area contributed by atoms with E-state index in [2.05, 4.69) is 41.6 Å². The molecule has 94 valence electrons. The van der Waals surface area contributed by atoms with Gasteiger partial charge in [-0.2, -0.15) is 5.10 Å². The summed E-state index contributed by atoms with van der Waals surface area (Å²) in [7, 11) is 1.99. The zero-order chi connectivity index (χ0) is 12.5. The second-order valence-corrected chi connectivity index (χ2v) is 5.72. The highest BCUT2D eigenvalue weighted by atomic mass is 32.2. The number of benzene rings is 1. The van der Waals surface area contributed by atoms with Gasteiger partial charge in [0.05, 0.1) is 6.20 Å². The van der Waals surface area contributed by atoms with Gasteiger partial charge in [-0.1, -0.05) is 18.2 Å². The predicted octanol–water partition coefficient (Wildman–Crippen LogP) is 2.67. The summed E-state index contributed by atoms with van der Waals surface area (Å²) in [6.45, 7) is 3.00. The topological polar surface area (TPSA) is 29.9 Å². The molecule has 0 aliphatic carbocycles. The Morgan fingerprint density at radius 2 is 2.28 bits per heavy atom. The molecule has 2 heterocycles. The van der Waals surface area contributed by atoms with E-state index in [4.69, 9.17) is 0 Å². The van der Waals surface area contributed by atoms with Crippen LogP contribution >= 0.6 is 11.8 Å². The molecule has 0 bridgehead atoms. The first-order valence-corrected chi connectivity index (χ1v) is 7.17. The highest BCUT2D eigenvalue weighted by Crippen LogP contribution is 2.37. The molecule has 1 unspecified atom stereocenters. The predicted molar refractivity (Wildman–Crippen MR) is 74.7 cm³/mol. The van der Waals surface area contributed by atoms with Crippen LogP contribution in [0.25, 0.3) is 0 Å². The molecular weight excluding hydrogens is 242 g/mol. The lowest BCUT2D eigenvalue weighted by Gasteiger charge is -2.12. The molecule has 1 N–H and O–H groups in total. The molecule has 0 saturated heterocycles. The normalized spacial score (nSPS) is 18.0. The largest absolute Gasteiger partial charge is 0.305 e. The van der Waals surface area contributed by atoms with Gasteiger partial charge in [0.1, 0.15) is 0 Å². The van der Waals surface area contributed by atoms with E-state index < -0.39 is 0 Å². The van der Waals surface area contributed by atoms with Crippen molar-refractivity contribution >= 4 is 11.8 Å². The number of aryl methyl sites for hydroxylation is 1. The third-order valence-corrected chi connectivity index (χ3v) is 4.76. The van der Waals surface area contributed by atoms with E-state index in [1.165, 1.54) is 21.7 Å². The van der Waals surface area contributed by atoms with Crippen molar-refractivity contribution in [1.29, 1.82) is 0 Å². The van der Waals surface area contributed by atoms with Crippen LogP contribution in [0.3, 0.4) is 0 Å². The number of aromatic nitrogens is 2. The highest BCUT2D eigenvalue weighted by Gasteiger charge is 2.22. The summed E-state index contributed by atoms with van der Waals surface area (Å²) < 4.78 is 1.92. The van der Waals surface area contributed by atoms with Crippen molar-refractivity contribution in [3.63, 3.8) is 0 Å². The van der Waals surface area contributed by atoms with Gasteiger partial charge in [-0.25, -0.2) is 0 Å². The molecule has 3 rings (SSSR count). The van der Waals surface area contributed by atoms with E-state index in [1.807, 2.05) is 29.7 Å². The Morgan fingerprint density at radius 1 is 1.44 bits per heavy atom. The van der Waals surface area contributed by atoms with Crippen LogP contribution < -0.4 is 5.32 Å². The van der Waals surface area contributed by atoms with Gasteiger partial charge in [0.15, 0.2) is 0 Å². The molecule has 0 spiro atoms.